The molecule has 0 unspecified atom stereocenters. The molecule has 2 heteroatoms. The first-order valence-corrected chi connectivity index (χ1v) is 5.32. The van der Waals surface area contributed by atoms with Crippen molar-refractivity contribution in [1.82, 2.24) is 0 Å². The predicted octanol–water partition coefficient (Wildman–Crippen LogP) is 2.27. The zero-order valence-corrected chi connectivity index (χ0v) is 8.61. The standard InChI is InChI=1S/C13H14O2/c14-10-9-13(8-4-7-12(13)15)11-5-2-1-3-6-11/h1-3,5-6,10H,4,7-9H2/t13-/m0/s1. The third-order valence-electron chi connectivity index (χ3n) is 3.30. The van der Waals surface area contributed by atoms with Gasteiger partial charge in [0.25, 0.3) is 0 Å². The Morgan fingerprint density at radius 1 is 1.27 bits per heavy atom. The van der Waals surface area contributed by atoms with E-state index in [1.807, 2.05) is 30.3 Å². The van der Waals surface area contributed by atoms with Crippen LogP contribution in [0.2, 0.25) is 0 Å². The number of Topliss-reactive ketones (excluding diaryl/α,β-unsaturated/α-hetero) is 1. The van der Waals surface area contributed by atoms with Crippen LogP contribution in [0.15, 0.2) is 30.3 Å². The van der Waals surface area contributed by atoms with Gasteiger partial charge >= 0.3 is 0 Å². The Balaban J connectivity index is 2.43. The van der Waals surface area contributed by atoms with Gasteiger partial charge in [-0.1, -0.05) is 30.3 Å². The van der Waals surface area contributed by atoms with Gasteiger partial charge in [-0.15, -0.1) is 0 Å². The zero-order valence-electron chi connectivity index (χ0n) is 8.61. The summed E-state index contributed by atoms with van der Waals surface area (Å²) >= 11 is 0. The van der Waals surface area contributed by atoms with Gasteiger partial charge in [0.2, 0.25) is 0 Å². The van der Waals surface area contributed by atoms with E-state index in [2.05, 4.69) is 0 Å². The van der Waals surface area contributed by atoms with Crippen molar-refractivity contribution < 1.29 is 9.59 Å². The summed E-state index contributed by atoms with van der Waals surface area (Å²) in [6.07, 6.45) is 3.53. The summed E-state index contributed by atoms with van der Waals surface area (Å²) in [5.74, 6) is 0.223. The maximum Gasteiger partial charge on any atom is 0.143 e. The van der Waals surface area contributed by atoms with E-state index >= 15 is 0 Å². The minimum atomic E-state index is -0.511. The monoisotopic (exact) mass is 202 g/mol. The highest BCUT2D eigenvalue weighted by atomic mass is 16.1. The Morgan fingerprint density at radius 2 is 2.00 bits per heavy atom. The first kappa shape index (κ1) is 10.1. The van der Waals surface area contributed by atoms with Crippen molar-refractivity contribution in [3.05, 3.63) is 35.9 Å². The molecule has 1 aromatic carbocycles. The normalized spacial score (nSPS) is 25.5. The van der Waals surface area contributed by atoms with Crippen LogP contribution in [0.5, 0.6) is 0 Å². The molecule has 1 atom stereocenters. The van der Waals surface area contributed by atoms with Gasteiger partial charge in [-0.05, 0) is 18.4 Å². The molecule has 15 heavy (non-hydrogen) atoms. The molecule has 0 heterocycles. The highest BCUT2D eigenvalue weighted by molar-refractivity contribution is 5.94. The predicted molar refractivity (Wildman–Crippen MR) is 57.7 cm³/mol. The number of carbonyl (C=O) groups is 2. The molecule has 1 fully saturated rings. The second kappa shape index (κ2) is 3.97. The van der Waals surface area contributed by atoms with E-state index in [9.17, 15) is 9.59 Å². The lowest BCUT2D eigenvalue weighted by Gasteiger charge is -2.25. The fourth-order valence-electron chi connectivity index (χ4n) is 2.47. The average Bonchev–Trinajstić information content (AvgIpc) is 2.63. The van der Waals surface area contributed by atoms with Gasteiger partial charge in [0.1, 0.15) is 12.1 Å². The molecule has 2 nitrogen and oxygen atoms in total. The van der Waals surface area contributed by atoms with Gasteiger partial charge in [-0.25, -0.2) is 0 Å². The van der Waals surface area contributed by atoms with Gasteiger partial charge in [-0.2, -0.15) is 0 Å². The highest BCUT2D eigenvalue weighted by Gasteiger charge is 2.42. The van der Waals surface area contributed by atoms with Crippen LogP contribution in [0.25, 0.3) is 0 Å². The number of rotatable bonds is 3. The molecule has 0 spiro atoms. The van der Waals surface area contributed by atoms with Crippen LogP contribution >= 0.6 is 0 Å². The summed E-state index contributed by atoms with van der Waals surface area (Å²) < 4.78 is 0. The van der Waals surface area contributed by atoms with Gasteiger partial charge in [-0.3, -0.25) is 4.79 Å². The Labute approximate surface area is 89.3 Å². The van der Waals surface area contributed by atoms with Crippen LogP contribution < -0.4 is 0 Å². The summed E-state index contributed by atoms with van der Waals surface area (Å²) in [4.78, 5) is 22.7. The molecular formula is C13H14O2. The van der Waals surface area contributed by atoms with Gasteiger partial charge in [0.15, 0.2) is 0 Å². The van der Waals surface area contributed by atoms with Gasteiger partial charge in [0.05, 0.1) is 5.41 Å². The number of ketones is 1. The Hall–Kier alpha value is -1.44. The molecule has 78 valence electrons. The number of benzene rings is 1. The lowest BCUT2D eigenvalue weighted by molar-refractivity contribution is -0.124. The molecule has 0 radical (unpaired) electrons. The number of carbonyl (C=O) groups excluding carboxylic acids is 2. The van der Waals surface area contributed by atoms with E-state index in [0.29, 0.717) is 12.8 Å². The molecule has 0 saturated heterocycles. The van der Waals surface area contributed by atoms with Gasteiger partial charge < -0.3 is 4.79 Å². The molecule has 1 aromatic rings. The van der Waals surface area contributed by atoms with E-state index in [-0.39, 0.29) is 5.78 Å². The molecule has 0 bridgehead atoms. The molecule has 1 aliphatic rings. The first-order valence-electron chi connectivity index (χ1n) is 5.32. The van der Waals surface area contributed by atoms with Crippen molar-refractivity contribution in [3.8, 4) is 0 Å². The maximum absolute atomic E-state index is 11.9. The Kier molecular flexibility index (Phi) is 2.67. The molecule has 0 amide bonds. The van der Waals surface area contributed by atoms with E-state index in [1.165, 1.54) is 0 Å². The number of hydrogen-bond donors (Lipinski definition) is 0. The van der Waals surface area contributed by atoms with E-state index < -0.39 is 5.41 Å². The summed E-state index contributed by atoms with van der Waals surface area (Å²) in [6.45, 7) is 0. The van der Waals surface area contributed by atoms with Crippen LogP contribution in [0, 0.1) is 0 Å². The van der Waals surface area contributed by atoms with Crippen LogP contribution in [-0.4, -0.2) is 12.1 Å². The number of hydrogen-bond acceptors (Lipinski definition) is 2. The fourth-order valence-corrected chi connectivity index (χ4v) is 2.47. The third kappa shape index (κ3) is 1.60. The topological polar surface area (TPSA) is 34.1 Å². The Morgan fingerprint density at radius 3 is 2.53 bits per heavy atom. The zero-order chi connectivity index (χ0) is 10.7. The minimum absolute atomic E-state index is 0.223. The van der Waals surface area contributed by atoms with Crippen molar-refractivity contribution in [2.45, 2.75) is 31.1 Å². The van der Waals surface area contributed by atoms with E-state index in [1.54, 1.807) is 0 Å². The third-order valence-corrected chi connectivity index (χ3v) is 3.30. The molecule has 0 aromatic heterocycles. The summed E-state index contributed by atoms with van der Waals surface area (Å²) in [5, 5.41) is 0. The number of aldehydes is 1. The minimum Gasteiger partial charge on any atom is -0.303 e. The van der Waals surface area contributed by atoms with Crippen LogP contribution in [0.4, 0.5) is 0 Å². The molecule has 0 N–H and O–H groups in total. The summed E-state index contributed by atoms with van der Waals surface area (Å²) in [7, 11) is 0. The molecule has 1 saturated carbocycles. The van der Waals surface area contributed by atoms with Crippen molar-refractivity contribution in [3.63, 3.8) is 0 Å². The average molecular weight is 202 g/mol. The van der Waals surface area contributed by atoms with Crippen LogP contribution in [0.3, 0.4) is 0 Å². The maximum atomic E-state index is 11.9. The SMILES string of the molecule is O=CC[C@]1(c2ccccc2)CCCC1=O. The Bertz CT molecular complexity index is 369. The van der Waals surface area contributed by atoms with Crippen LogP contribution in [0.1, 0.15) is 31.2 Å². The summed E-state index contributed by atoms with van der Waals surface area (Å²) in [5.41, 5.74) is 0.489. The lowest BCUT2D eigenvalue weighted by atomic mass is 9.76. The lowest BCUT2D eigenvalue weighted by Crippen LogP contribution is -2.31. The van der Waals surface area contributed by atoms with Crippen molar-refractivity contribution in [1.29, 1.82) is 0 Å². The van der Waals surface area contributed by atoms with Gasteiger partial charge in [0, 0.05) is 12.8 Å². The molecule has 2 rings (SSSR count). The second-order valence-corrected chi connectivity index (χ2v) is 4.10. The second-order valence-electron chi connectivity index (χ2n) is 4.10. The van der Waals surface area contributed by atoms with E-state index in [4.69, 9.17) is 0 Å². The quantitative estimate of drug-likeness (QED) is 0.704. The smallest absolute Gasteiger partial charge is 0.143 e. The van der Waals surface area contributed by atoms with Crippen molar-refractivity contribution in [2.75, 3.05) is 0 Å². The molecular weight excluding hydrogens is 188 g/mol. The first-order chi connectivity index (χ1) is 7.29. The van der Waals surface area contributed by atoms with Crippen LogP contribution in [-0.2, 0) is 15.0 Å². The van der Waals surface area contributed by atoms with E-state index in [0.717, 1.165) is 24.7 Å². The molecule has 0 aliphatic heterocycles. The van der Waals surface area contributed by atoms with Crippen molar-refractivity contribution >= 4 is 12.1 Å². The van der Waals surface area contributed by atoms with Crippen molar-refractivity contribution in [2.24, 2.45) is 0 Å². The highest BCUT2D eigenvalue weighted by Crippen LogP contribution is 2.40. The molecule has 1 aliphatic carbocycles. The summed E-state index contributed by atoms with van der Waals surface area (Å²) in [6, 6.07) is 9.68. The largest absolute Gasteiger partial charge is 0.303 e. The fraction of sp³-hybridized carbons (Fsp3) is 0.385.